The summed E-state index contributed by atoms with van der Waals surface area (Å²) in [4.78, 5) is 29.6. The maximum absolute atomic E-state index is 13.0. The summed E-state index contributed by atoms with van der Waals surface area (Å²) in [6.45, 7) is 0. The number of aromatic carboxylic acids is 1. The topological polar surface area (TPSA) is 108 Å². The molecule has 0 aliphatic carbocycles. The van der Waals surface area contributed by atoms with Crippen LogP contribution in [0.3, 0.4) is 0 Å². The molecule has 0 saturated heterocycles. The first-order valence-corrected chi connectivity index (χ1v) is 6.66. The number of halogens is 1. The van der Waals surface area contributed by atoms with Gasteiger partial charge in [-0.3, -0.25) is 9.36 Å². The van der Waals surface area contributed by atoms with Crippen molar-refractivity contribution >= 4 is 17.1 Å². The number of benzene rings is 1. The van der Waals surface area contributed by atoms with E-state index in [2.05, 4.69) is 9.97 Å². The van der Waals surface area contributed by atoms with Crippen LogP contribution < -0.4 is 5.56 Å². The Hall–Kier alpha value is -3.16. The SMILES string of the molecule is Cn1c(=O)c(Cc2ccc(F)cc2)c(O)c2[nH]c(C(=O)O)nc21. The van der Waals surface area contributed by atoms with Crippen molar-refractivity contribution in [2.75, 3.05) is 0 Å². The molecule has 0 unspecified atom stereocenters. The van der Waals surface area contributed by atoms with Gasteiger partial charge in [-0.25, -0.2) is 14.2 Å². The van der Waals surface area contributed by atoms with Crippen LogP contribution in [0.4, 0.5) is 4.39 Å². The first-order valence-electron chi connectivity index (χ1n) is 6.66. The van der Waals surface area contributed by atoms with E-state index in [-0.39, 0.29) is 34.7 Å². The van der Waals surface area contributed by atoms with Gasteiger partial charge in [-0.15, -0.1) is 0 Å². The summed E-state index contributed by atoms with van der Waals surface area (Å²) in [5.41, 5.74) is 0.334. The molecule has 0 amide bonds. The number of carbonyl (C=O) groups is 1. The second-order valence-electron chi connectivity index (χ2n) is 5.08. The third kappa shape index (κ3) is 2.44. The number of hydrogen-bond acceptors (Lipinski definition) is 4. The molecule has 0 fully saturated rings. The van der Waals surface area contributed by atoms with E-state index in [1.54, 1.807) is 0 Å². The van der Waals surface area contributed by atoms with Crippen molar-refractivity contribution < 1.29 is 19.4 Å². The lowest BCUT2D eigenvalue weighted by molar-refractivity contribution is 0.0685. The lowest BCUT2D eigenvalue weighted by Gasteiger charge is -2.08. The van der Waals surface area contributed by atoms with Crippen LogP contribution in [0.5, 0.6) is 5.75 Å². The maximum atomic E-state index is 13.0. The highest BCUT2D eigenvalue weighted by Crippen LogP contribution is 2.26. The van der Waals surface area contributed by atoms with Crippen molar-refractivity contribution in [3.63, 3.8) is 0 Å². The number of fused-ring (bicyclic) bond motifs is 1. The number of rotatable bonds is 3. The monoisotopic (exact) mass is 317 g/mol. The van der Waals surface area contributed by atoms with Crippen molar-refractivity contribution in [2.45, 2.75) is 6.42 Å². The Morgan fingerprint density at radius 3 is 2.61 bits per heavy atom. The second kappa shape index (κ2) is 5.24. The van der Waals surface area contributed by atoms with E-state index in [4.69, 9.17) is 5.11 Å². The molecule has 0 atom stereocenters. The number of carboxylic acid groups (broad SMARTS) is 1. The Morgan fingerprint density at radius 2 is 2.00 bits per heavy atom. The molecular formula is C15H12FN3O4. The normalized spacial score (nSPS) is 11.0. The molecule has 0 radical (unpaired) electrons. The fourth-order valence-electron chi connectivity index (χ4n) is 2.39. The number of aromatic hydroxyl groups is 1. The Bertz CT molecular complexity index is 973. The number of carboxylic acids is 1. The number of imidazole rings is 1. The van der Waals surface area contributed by atoms with Crippen LogP contribution >= 0.6 is 0 Å². The highest BCUT2D eigenvalue weighted by atomic mass is 19.1. The Balaban J connectivity index is 2.18. The molecule has 0 aliphatic heterocycles. The fourth-order valence-corrected chi connectivity index (χ4v) is 2.39. The minimum Gasteiger partial charge on any atom is -0.505 e. The van der Waals surface area contributed by atoms with Crippen molar-refractivity contribution in [1.82, 2.24) is 14.5 Å². The largest absolute Gasteiger partial charge is 0.505 e. The van der Waals surface area contributed by atoms with E-state index in [1.807, 2.05) is 0 Å². The van der Waals surface area contributed by atoms with Crippen LogP contribution in [-0.2, 0) is 13.5 Å². The van der Waals surface area contributed by atoms with Gasteiger partial charge in [-0.2, -0.15) is 0 Å². The van der Waals surface area contributed by atoms with E-state index >= 15 is 0 Å². The number of pyridine rings is 1. The van der Waals surface area contributed by atoms with E-state index < -0.39 is 17.3 Å². The number of nitrogens with zero attached hydrogens (tertiary/aromatic N) is 2. The molecule has 3 N–H and O–H groups in total. The van der Waals surface area contributed by atoms with Gasteiger partial charge >= 0.3 is 5.97 Å². The van der Waals surface area contributed by atoms with Crippen LogP contribution in [0.2, 0.25) is 0 Å². The average molecular weight is 317 g/mol. The molecule has 0 bridgehead atoms. The third-order valence-electron chi connectivity index (χ3n) is 3.58. The zero-order chi connectivity index (χ0) is 16.7. The number of hydrogen-bond donors (Lipinski definition) is 3. The van der Waals surface area contributed by atoms with Crippen molar-refractivity contribution in [1.29, 1.82) is 0 Å². The molecule has 0 spiro atoms. The molecule has 1 aromatic carbocycles. The van der Waals surface area contributed by atoms with Gasteiger partial charge in [0, 0.05) is 13.5 Å². The molecule has 3 aromatic rings. The number of H-pyrrole nitrogens is 1. The first kappa shape index (κ1) is 14.8. The maximum Gasteiger partial charge on any atom is 0.371 e. The summed E-state index contributed by atoms with van der Waals surface area (Å²) in [5, 5.41) is 19.3. The lowest BCUT2D eigenvalue weighted by Crippen LogP contribution is -2.22. The van der Waals surface area contributed by atoms with Gasteiger partial charge in [-0.05, 0) is 17.7 Å². The van der Waals surface area contributed by atoms with E-state index in [0.29, 0.717) is 5.56 Å². The van der Waals surface area contributed by atoms with Crippen LogP contribution in [0.25, 0.3) is 11.2 Å². The minimum atomic E-state index is -1.30. The van der Waals surface area contributed by atoms with Gasteiger partial charge in [0.15, 0.2) is 11.4 Å². The number of nitrogens with one attached hydrogen (secondary N) is 1. The van der Waals surface area contributed by atoms with Gasteiger partial charge in [0.25, 0.3) is 5.56 Å². The lowest BCUT2D eigenvalue weighted by atomic mass is 10.1. The zero-order valence-electron chi connectivity index (χ0n) is 12.0. The predicted molar refractivity (Wildman–Crippen MR) is 79.2 cm³/mol. The molecule has 0 saturated carbocycles. The Labute approximate surface area is 128 Å². The van der Waals surface area contributed by atoms with Gasteiger partial charge in [0.05, 0.1) is 5.56 Å². The smallest absolute Gasteiger partial charge is 0.371 e. The molecule has 7 nitrogen and oxygen atoms in total. The number of aromatic nitrogens is 3. The van der Waals surface area contributed by atoms with Gasteiger partial charge < -0.3 is 15.2 Å². The van der Waals surface area contributed by atoms with Gasteiger partial charge in [-0.1, -0.05) is 12.1 Å². The first-order chi connectivity index (χ1) is 10.9. The van der Waals surface area contributed by atoms with E-state index in [9.17, 15) is 19.1 Å². The van der Waals surface area contributed by atoms with Crippen molar-refractivity contribution in [3.8, 4) is 5.75 Å². The minimum absolute atomic E-state index is 0.0488. The van der Waals surface area contributed by atoms with E-state index in [1.165, 1.54) is 31.3 Å². The third-order valence-corrected chi connectivity index (χ3v) is 3.58. The quantitative estimate of drug-likeness (QED) is 0.676. The molecule has 3 rings (SSSR count). The van der Waals surface area contributed by atoms with Gasteiger partial charge in [0.1, 0.15) is 11.3 Å². The summed E-state index contributed by atoms with van der Waals surface area (Å²) in [6.07, 6.45) is 0.0795. The Morgan fingerprint density at radius 1 is 1.35 bits per heavy atom. The van der Waals surface area contributed by atoms with Crippen molar-refractivity contribution in [3.05, 3.63) is 57.4 Å². The molecule has 2 heterocycles. The summed E-state index contributed by atoms with van der Waals surface area (Å²) in [6, 6.07) is 5.53. The van der Waals surface area contributed by atoms with Crippen molar-refractivity contribution in [2.24, 2.45) is 7.05 Å². The predicted octanol–water partition coefficient (Wildman–Crippen LogP) is 1.40. The highest BCUT2D eigenvalue weighted by Gasteiger charge is 2.20. The molecule has 8 heteroatoms. The summed E-state index contributed by atoms with van der Waals surface area (Å²) in [7, 11) is 1.44. The molecule has 23 heavy (non-hydrogen) atoms. The van der Waals surface area contributed by atoms with Gasteiger partial charge in [0.2, 0.25) is 5.82 Å². The summed E-state index contributed by atoms with van der Waals surface area (Å²) < 4.78 is 14.1. The zero-order valence-corrected chi connectivity index (χ0v) is 12.0. The standard InChI is InChI=1S/C15H12FN3O4/c1-19-13-10(17-12(18-13)15(22)23)11(20)9(14(19)21)6-7-2-4-8(16)5-3-7/h2-5,20H,6H2,1H3,(H,17,18)(H,22,23). The molecule has 2 aromatic heterocycles. The summed E-state index contributed by atoms with van der Waals surface area (Å²) in [5.74, 6) is -2.43. The molecule has 0 aliphatic rings. The summed E-state index contributed by atoms with van der Waals surface area (Å²) >= 11 is 0. The highest BCUT2D eigenvalue weighted by molar-refractivity contribution is 5.90. The molecular weight excluding hydrogens is 305 g/mol. The number of aromatic amines is 1. The van der Waals surface area contributed by atoms with E-state index in [0.717, 1.165) is 4.57 Å². The van der Waals surface area contributed by atoms with Crippen LogP contribution in [0.15, 0.2) is 29.1 Å². The fraction of sp³-hybridized carbons (Fsp3) is 0.133. The number of aryl methyl sites for hydroxylation is 1. The Kier molecular flexibility index (Phi) is 3.36. The molecule has 118 valence electrons. The van der Waals surface area contributed by atoms with Crippen LogP contribution in [0.1, 0.15) is 21.7 Å². The van der Waals surface area contributed by atoms with Crippen LogP contribution in [-0.4, -0.2) is 30.7 Å². The van der Waals surface area contributed by atoms with Crippen LogP contribution in [0, 0.1) is 5.82 Å². The average Bonchev–Trinajstić information content (AvgIpc) is 2.97. The second-order valence-corrected chi connectivity index (χ2v) is 5.08.